The van der Waals surface area contributed by atoms with Crippen LogP contribution in [0.15, 0.2) is 18.6 Å². The fourth-order valence-corrected chi connectivity index (χ4v) is 3.88. The summed E-state index contributed by atoms with van der Waals surface area (Å²) >= 11 is 0. The quantitative estimate of drug-likeness (QED) is 0.855. The minimum atomic E-state index is -2.46. The number of hydrogen-bond acceptors (Lipinski definition) is 3. The van der Waals surface area contributed by atoms with Gasteiger partial charge in [0.25, 0.3) is 5.92 Å². The molecular formula is C16H20F2N4. The summed E-state index contributed by atoms with van der Waals surface area (Å²) in [6.07, 6.45) is 9.67. The van der Waals surface area contributed by atoms with Crippen molar-refractivity contribution in [3.63, 3.8) is 0 Å². The molecule has 1 saturated carbocycles. The second kappa shape index (κ2) is 4.98. The molecule has 0 amide bonds. The first-order valence-electron chi connectivity index (χ1n) is 7.94. The number of fused-ring (bicyclic) bond motifs is 1. The summed E-state index contributed by atoms with van der Waals surface area (Å²) in [5.74, 6) is -0.948. The topological polar surface area (TPSA) is 33.4 Å². The Morgan fingerprint density at radius 2 is 1.86 bits per heavy atom. The molecule has 0 radical (unpaired) electrons. The Morgan fingerprint density at radius 3 is 2.55 bits per heavy atom. The van der Waals surface area contributed by atoms with Crippen LogP contribution in [0.25, 0.3) is 5.52 Å². The van der Waals surface area contributed by atoms with Crippen LogP contribution in [0.4, 0.5) is 8.78 Å². The van der Waals surface area contributed by atoms with Gasteiger partial charge in [0, 0.05) is 24.4 Å². The number of aromatic nitrogens is 3. The van der Waals surface area contributed by atoms with E-state index >= 15 is 0 Å². The van der Waals surface area contributed by atoms with Crippen LogP contribution in [0.1, 0.15) is 43.1 Å². The average Bonchev–Trinajstić information content (AvgIpc) is 2.90. The lowest BCUT2D eigenvalue weighted by atomic mass is 9.83. The third-order valence-electron chi connectivity index (χ3n) is 5.13. The smallest absolute Gasteiger partial charge is 0.272 e. The van der Waals surface area contributed by atoms with Crippen LogP contribution in [0, 0.1) is 6.92 Å². The van der Waals surface area contributed by atoms with Gasteiger partial charge in [-0.15, -0.1) is 0 Å². The number of likely N-dealkylation sites (tertiary alicyclic amines) is 1. The summed E-state index contributed by atoms with van der Waals surface area (Å²) in [7, 11) is 0. The molecule has 0 aromatic carbocycles. The maximum absolute atomic E-state index is 13.0. The number of halogens is 2. The molecule has 2 aromatic rings. The molecule has 6 heteroatoms. The first-order chi connectivity index (χ1) is 10.5. The van der Waals surface area contributed by atoms with Crippen molar-refractivity contribution in [1.29, 1.82) is 0 Å². The first-order valence-corrected chi connectivity index (χ1v) is 7.94. The molecule has 2 aromatic heterocycles. The Kier molecular flexibility index (Phi) is 3.18. The Hall–Kier alpha value is -1.56. The van der Waals surface area contributed by atoms with Gasteiger partial charge in [0.2, 0.25) is 0 Å². The third kappa shape index (κ3) is 2.29. The number of rotatable bonds is 2. The van der Waals surface area contributed by atoms with Gasteiger partial charge in [0.15, 0.2) is 0 Å². The van der Waals surface area contributed by atoms with E-state index in [2.05, 4.69) is 14.4 Å². The van der Waals surface area contributed by atoms with E-state index in [-0.39, 0.29) is 13.1 Å². The molecule has 0 bridgehead atoms. The highest BCUT2D eigenvalue weighted by atomic mass is 19.3. The van der Waals surface area contributed by atoms with Crippen molar-refractivity contribution >= 4 is 5.52 Å². The SMILES string of the molecule is Cc1nccn2c(C3CCC(N4CC(F)(F)C4)CC3)ncc12. The summed E-state index contributed by atoms with van der Waals surface area (Å²) in [5.41, 5.74) is 2.04. The minimum Gasteiger partial charge on any atom is -0.300 e. The lowest BCUT2D eigenvalue weighted by molar-refractivity contribution is -0.150. The van der Waals surface area contributed by atoms with E-state index in [1.807, 2.05) is 24.2 Å². The fraction of sp³-hybridized carbons (Fsp3) is 0.625. The van der Waals surface area contributed by atoms with E-state index in [0.717, 1.165) is 42.7 Å². The van der Waals surface area contributed by atoms with Gasteiger partial charge >= 0.3 is 0 Å². The van der Waals surface area contributed by atoms with Crippen LogP contribution in [0.2, 0.25) is 0 Å². The van der Waals surface area contributed by atoms with Crippen molar-refractivity contribution in [2.75, 3.05) is 13.1 Å². The summed E-state index contributed by atoms with van der Waals surface area (Å²) in [6, 6.07) is 0.325. The van der Waals surface area contributed by atoms with Crippen molar-refractivity contribution in [3.8, 4) is 0 Å². The van der Waals surface area contributed by atoms with Gasteiger partial charge in [-0.05, 0) is 32.6 Å². The van der Waals surface area contributed by atoms with Crippen molar-refractivity contribution in [1.82, 2.24) is 19.3 Å². The van der Waals surface area contributed by atoms with Crippen LogP contribution < -0.4 is 0 Å². The van der Waals surface area contributed by atoms with E-state index in [1.54, 1.807) is 6.20 Å². The Bertz CT molecular complexity index is 681. The van der Waals surface area contributed by atoms with Crippen LogP contribution in [-0.4, -0.2) is 44.3 Å². The Morgan fingerprint density at radius 1 is 1.14 bits per heavy atom. The zero-order valence-electron chi connectivity index (χ0n) is 12.7. The van der Waals surface area contributed by atoms with E-state index in [4.69, 9.17) is 0 Å². The van der Waals surface area contributed by atoms with E-state index in [9.17, 15) is 8.78 Å². The second-order valence-corrected chi connectivity index (χ2v) is 6.65. The molecule has 22 heavy (non-hydrogen) atoms. The molecule has 1 saturated heterocycles. The molecule has 0 spiro atoms. The third-order valence-corrected chi connectivity index (χ3v) is 5.13. The number of nitrogens with zero attached hydrogens (tertiary/aromatic N) is 4. The maximum atomic E-state index is 13.0. The summed E-state index contributed by atoms with van der Waals surface area (Å²) in [4.78, 5) is 10.8. The van der Waals surface area contributed by atoms with Crippen LogP contribution in [0.3, 0.4) is 0 Å². The summed E-state index contributed by atoms with van der Waals surface area (Å²) < 4.78 is 28.1. The van der Waals surface area contributed by atoms with Crippen molar-refractivity contribution in [2.24, 2.45) is 0 Å². The van der Waals surface area contributed by atoms with E-state index in [1.165, 1.54) is 0 Å². The molecule has 2 fully saturated rings. The van der Waals surface area contributed by atoms with Crippen molar-refractivity contribution in [2.45, 2.75) is 50.5 Å². The summed E-state index contributed by atoms with van der Waals surface area (Å²) in [6.45, 7) is 1.88. The number of alkyl halides is 2. The van der Waals surface area contributed by atoms with Gasteiger partial charge in [-0.1, -0.05) is 0 Å². The molecule has 1 aliphatic carbocycles. The number of aryl methyl sites for hydroxylation is 1. The predicted molar refractivity (Wildman–Crippen MR) is 79.2 cm³/mol. The van der Waals surface area contributed by atoms with Crippen LogP contribution in [0.5, 0.6) is 0 Å². The molecule has 118 valence electrons. The number of imidazole rings is 1. The zero-order chi connectivity index (χ0) is 15.3. The molecule has 4 rings (SSSR count). The Labute approximate surface area is 128 Å². The largest absolute Gasteiger partial charge is 0.300 e. The highest BCUT2D eigenvalue weighted by Gasteiger charge is 2.47. The van der Waals surface area contributed by atoms with Gasteiger partial charge in [-0.3, -0.25) is 9.88 Å². The highest BCUT2D eigenvalue weighted by molar-refractivity contribution is 5.50. The van der Waals surface area contributed by atoms with E-state index < -0.39 is 5.92 Å². The lowest BCUT2D eigenvalue weighted by Crippen LogP contribution is -2.60. The van der Waals surface area contributed by atoms with Crippen molar-refractivity contribution in [3.05, 3.63) is 30.1 Å². The summed E-state index contributed by atoms with van der Waals surface area (Å²) in [5, 5.41) is 0. The zero-order valence-corrected chi connectivity index (χ0v) is 12.7. The average molecular weight is 306 g/mol. The molecule has 3 heterocycles. The van der Waals surface area contributed by atoms with Gasteiger partial charge in [-0.25, -0.2) is 13.8 Å². The monoisotopic (exact) mass is 306 g/mol. The van der Waals surface area contributed by atoms with Gasteiger partial charge in [-0.2, -0.15) is 0 Å². The normalized spacial score (nSPS) is 28.7. The van der Waals surface area contributed by atoms with Gasteiger partial charge < -0.3 is 4.40 Å². The standard InChI is InChI=1S/C16H20F2N4/c1-11-14-8-20-15(22(14)7-6-19-11)12-2-4-13(5-3-12)21-9-16(17,18)10-21/h6-8,12-13H,2-5,9-10H2,1H3. The molecule has 0 atom stereocenters. The minimum absolute atomic E-state index is 0.0560. The number of hydrogen-bond donors (Lipinski definition) is 0. The van der Waals surface area contributed by atoms with Crippen LogP contribution in [-0.2, 0) is 0 Å². The lowest BCUT2D eigenvalue weighted by Gasteiger charge is -2.46. The fourth-order valence-electron chi connectivity index (χ4n) is 3.88. The highest BCUT2D eigenvalue weighted by Crippen LogP contribution is 2.38. The van der Waals surface area contributed by atoms with Gasteiger partial charge in [0.05, 0.1) is 30.5 Å². The molecule has 0 unspecified atom stereocenters. The molecular weight excluding hydrogens is 286 g/mol. The second-order valence-electron chi connectivity index (χ2n) is 6.65. The van der Waals surface area contributed by atoms with E-state index in [0.29, 0.717) is 12.0 Å². The molecule has 2 aliphatic rings. The Balaban J connectivity index is 1.46. The van der Waals surface area contributed by atoms with Crippen LogP contribution >= 0.6 is 0 Å². The molecule has 1 aliphatic heterocycles. The first kappa shape index (κ1) is 14.1. The maximum Gasteiger partial charge on any atom is 0.272 e. The predicted octanol–water partition coefficient (Wildman–Crippen LogP) is 3.01. The molecule has 0 N–H and O–H groups in total. The van der Waals surface area contributed by atoms with Gasteiger partial charge in [0.1, 0.15) is 5.82 Å². The molecule has 4 nitrogen and oxygen atoms in total. The van der Waals surface area contributed by atoms with Crippen molar-refractivity contribution < 1.29 is 8.78 Å².